The number of aromatic nitrogens is 2. The Morgan fingerprint density at radius 2 is 1.46 bits per heavy atom. The summed E-state index contributed by atoms with van der Waals surface area (Å²) in [6, 6.07) is 27.8. The van der Waals surface area contributed by atoms with Crippen molar-refractivity contribution in [3.8, 4) is 16.9 Å². The molecule has 0 unspecified atom stereocenters. The molecule has 0 saturated heterocycles. The fourth-order valence-corrected chi connectivity index (χ4v) is 4.11. The Hall–Kier alpha value is -3.30. The van der Waals surface area contributed by atoms with E-state index in [-0.39, 0.29) is 5.56 Å². The largest absolute Gasteiger partial charge is 0.310 e. The number of hydrogen-bond donors (Lipinski definition) is 0. The maximum atomic E-state index is 13.4. The third-order valence-corrected chi connectivity index (χ3v) is 5.55. The van der Waals surface area contributed by atoms with Crippen LogP contribution in [-0.2, 0) is 7.05 Å². The summed E-state index contributed by atoms with van der Waals surface area (Å²) in [5.41, 5.74) is 4.27. The third-order valence-electron chi connectivity index (χ3n) is 5.23. The minimum absolute atomic E-state index is 0.0456. The molecule has 5 aromatic rings. The summed E-state index contributed by atoms with van der Waals surface area (Å²) in [7, 11) is 1.82. The monoisotopic (exact) mass is 384 g/mol. The summed E-state index contributed by atoms with van der Waals surface area (Å²) in [4.78, 5) is 13.4. The van der Waals surface area contributed by atoms with Gasteiger partial charge in [0.2, 0.25) is 0 Å². The van der Waals surface area contributed by atoms with Crippen molar-refractivity contribution in [2.24, 2.45) is 7.05 Å². The molecule has 0 aliphatic heterocycles. The zero-order valence-corrected chi connectivity index (χ0v) is 16.0. The van der Waals surface area contributed by atoms with Crippen molar-refractivity contribution in [1.29, 1.82) is 0 Å². The molecule has 0 radical (unpaired) electrons. The second-order valence-corrected chi connectivity index (χ2v) is 7.23. The van der Waals surface area contributed by atoms with Gasteiger partial charge in [-0.1, -0.05) is 72.3 Å². The first kappa shape index (κ1) is 16.8. The summed E-state index contributed by atoms with van der Waals surface area (Å²) < 4.78 is 3.70. The van der Waals surface area contributed by atoms with Crippen LogP contribution in [-0.4, -0.2) is 9.13 Å². The zero-order valence-electron chi connectivity index (χ0n) is 15.3. The first-order valence-corrected chi connectivity index (χ1v) is 9.48. The Balaban J connectivity index is 2.04. The van der Waals surface area contributed by atoms with E-state index in [0.717, 1.165) is 33.2 Å². The Morgan fingerprint density at radius 3 is 2.25 bits per heavy atom. The van der Waals surface area contributed by atoms with Gasteiger partial charge in [0.05, 0.1) is 21.9 Å². The van der Waals surface area contributed by atoms with Crippen molar-refractivity contribution in [3.05, 3.63) is 100 Å². The molecule has 0 aliphatic rings. The van der Waals surface area contributed by atoms with E-state index < -0.39 is 0 Å². The van der Waals surface area contributed by atoms with E-state index in [2.05, 4.69) is 12.1 Å². The first-order valence-electron chi connectivity index (χ1n) is 9.10. The molecule has 0 N–H and O–H groups in total. The number of halogens is 1. The van der Waals surface area contributed by atoms with Crippen LogP contribution in [0, 0.1) is 0 Å². The summed E-state index contributed by atoms with van der Waals surface area (Å²) in [5.74, 6) is 0. The lowest BCUT2D eigenvalue weighted by atomic mass is 10.1. The number of rotatable bonds is 2. The number of hydrogen-bond acceptors (Lipinski definition) is 1. The predicted octanol–water partition coefficient (Wildman–Crippen LogP) is 5.80. The lowest BCUT2D eigenvalue weighted by Gasteiger charge is -2.13. The molecule has 3 nitrogen and oxygen atoms in total. The first-order chi connectivity index (χ1) is 13.7. The van der Waals surface area contributed by atoms with E-state index in [1.165, 1.54) is 0 Å². The number of para-hydroxylation sites is 2. The summed E-state index contributed by atoms with van der Waals surface area (Å²) >= 11 is 6.56. The minimum atomic E-state index is -0.0456. The van der Waals surface area contributed by atoms with Gasteiger partial charge in [-0.25, -0.2) is 0 Å². The number of aryl methyl sites for hydroxylation is 1. The molecule has 0 aliphatic carbocycles. The summed E-state index contributed by atoms with van der Waals surface area (Å²) in [6.45, 7) is 0. The van der Waals surface area contributed by atoms with Crippen LogP contribution in [0.15, 0.2) is 89.7 Å². The molecular weight excluding hydrogens is 368 g/mol. The second-order valence-electron chi connectivity index (χ2n) is 6.83. The van der Waals surface area contributed by atoms with Gasteiger partial charge in [0.25, 0.3) is 5.56 Å². The quantitative estimate of drug-likeness (QED) is 0.377. The van der Waals surface area contributed by atoms with Gasteiger partial charge in [-0.3, -0.25) is 4.79 Å². The lowest BCUT2D eigenvalue weighted by Crippen LogP contribution is -2.19. The number of nitrogens with zero attached hydrogens (tertiary/aromatic N) is 2. The van der Waals surface area contributed by atoms with E-state index in [1.807, 2.05) is 84.4 Å². The van der Waals surface area contributed by atoms with Gasteiger partial charge < -0.3 is 9.13 Å². The molecule has 4 heteroatoms. The van der Waals surface area contributed by atoms with E-state index in [4.69, 9.17) is 11.6 Å². The normalized spacial score (nSPS) is 11.4. The average Bonchev–Trinajstić information content (AvgIpc) is 3.14. The van der Waals surface area contributed by atoms with Gasteiger partial charge in [-0.2, -0.15) is 0 Å². The molecule has 5 rings (SSSR count). The molecular formula is C24H17ClN2O. The van der Waals surface area contributed by atoms with E-state index in [0.29, 0.717) is 10.5 Å². The minimum Gasteiger partial charge on any atom is -0.310 e. The highest BCUT2D eigenvalue weighted by Crippen LogP contribution is 2.35. The SMILES string of the molecule is Cn1c(=O)c2c(cc(-c3ccccc3)n2-c2ccccc2Cl)c2ccccc21. The highest BCUT2D eigenvalue weighted by molar-refractivity contribution is 6.32. The average molecular weight is 385 g/mol. The van der Waals surface area contributed by atoms with Gasteiger partial charge in [-0.05, 0) is 29.8 Å². The van der Waals surface area contributed by atoms with E-state index >= 15 is 0 Å². The standard InChI is InChI=1S/C24H17ClN2O/c1-26-20-13-7-5-11-17(20)18-15-22(16-9-3-2-4-10-16)27(23(18)24(26)28)21-14-8-6-12-19(21)25/h2-15H,1H3. The number of benzene rings is 3. The van der Waals surface area contributed by atoms with Crippen molar-refractivity contribution in [3.63, 3.8) is 0 Å². The Kier molecular flexibility index (Phi) is 3.85. The highest BCUT2D eigenvalue weighted by Gasteiger charge is 2.20. The fourth-order valence-electron chi connectivity index (χ4n) is 3.89. The van der Waals surface area contributed by atoms with Crippen LogP contribution in [0.2, 0.25) is 5.02 Å². The van der Waals surface area contributed by atoms with Crippen LogP contribution in [0.4, 0.5) is 0 Å². The van der Waals surface area contributed by atoms with Crippen LogP contribution in [0.25, 0.3) is 38.8 Å². The van der Waals surface area contributed by atoms with Crippen molar-refractivity contribution < 1.29 is 0 Å². The molecule has 28 heavy (non-hydrogen) atoms. The van der Waals surface area contributed by atoms with Crippen LogP contribution < -0.4 is 5.56 Å². The molecule has 3 aromatic carbocycles. The third kappa shape index (κ3) is 2.40. The van der Waals surface area contributed by atoms with Crippen molar-refractivity contribution >= 4 is 33.4 Å². The molecule has 136 valence electrons. The van der Waals surface area contributed by atoms with Crippen molar-refractivity contribution in [2.45, 2.75) is 0 Å². The second kappa shape index (κ2) is 6.39. The highest BCUT2D eigenvalue weighted by atomic mass is 35.5. The Bertz CT molecular complexity index is 1400. The van der Waals surface area contributed by atoms with Crippen LogP contribution in [0.3, 0.4) is 0 Å². The maximum absolute atomic E-state index is 13.4. The molecule has 0 atom stereocenters. The molecule has 2 aromatic heterocycles. The van der Waals surface area contributed by atoms with Crippen LogP contribution in [0.5, 0.6) is 0 Å². The molecule has 2 heterocycles. The molecule has 0 fully saturated rings. The Labute approximate surface area is 167 Å². The molecule has 0 bridgehead atoms. The smallest absolute Gasteiger partial charge is 0.275 e. The molecule has 0 saturated carbocycles. The van der Waals surface area contributed by atoms with E-state index in [1.54, 1.807) is 4.57 Å². The van der Waals surface area contributed by atoms with Gasteiger partial charge in [0.15, 0.2) is 0 Å². The van der Waals surface area contributed by atoms with E-state index in [9.17, 15) is 4.79 Å². The molecule has 0 spiro atoms. The van der Waals surface area contributed by atoms with Crippen LogP contribution in [0.1, 0.15) is 0 Å². The van der Waals surface area contributed by atoms with Gasteiger partial charge in [0.1, 0.15) is 5.52 Å². The van der Waals surface area contributed by atoms with Crippen molar-refractivity contribution in [1.82, 2.24) is 9.13 Å². The van der Waals surface area contributed by atoms with Crippen molar-refractivity contribution in [2.75, 3.05) is 0 Å². The maximum Gasteiger partial charge on any atom is 0.275 e. The Morgan fingerprint density at radius 1 is 0.786 bits per heavy atom. The number of pyridine rings is 1. The predicted molar refractivity (Wildman–Crippen MR) is 116 cm³/mol. The lowest BCUT2D eigenvalue weighted by molar-refractivity contribution is 0.908. The summed E-state index contributed by atoms with van der Waals surface area (Å²) in [5, 5.41) is 2.58. The zero-order chi connectivity index (χ0) is 19.3. The van der Waals surface area contributed by atoms with Gasteiger partial charge >= 0.3 is 0 Å². The van der Waals surface area contributed by atoms with Gasteiger partial charge in [0, 0.05) is 17.8 Å². The molecule has 0 amide bonds. The summed E-state index contributed by atoms with van der Waals surface area (Å²) in [6.07, 6.45) is 0. The topological polar surface area (TPSA) is 26.9 Å². The van der Waals surface area contributed by atoms with Crippen LogP contribution >= 0.6 is 11.6 Å². The fraction of sp³-hybridized carbons (Fsp3) is 0.0417. The number of fused-ring (bicyclic) bond motifs is 3. The van der Waals surface area contributed by atoms with Gasteiger partial charge in [-0.15, -0.1) is 0 Å².